The lowest BCUT2D eigenvalue weighted by Crippen LogP contribution is -2.07. The molecule has 0 bridgehead atoms. The Morgan fingerprint density at radius 3 is 2.65 bits per heavy atom. The van der Waals surface area contributed by atoms with E-state index in [0.29, 0.717) is 6.54 Å². The quantitative estimate of drug-likeness (QED) is 0.816. The van der Waals surface area contributed by atoms with Crippen LogP contribution >= 0.6 is 15.9 Å². The second kappa shape index (κ2) is 6.63. The van der Waals surface area contributed by atoms with Gasteiger partial charge in [-0.3, -0.25) is 8.89 Å². The van der Waals surface area contributed by atoms with Gasteiger partial charge in [-0.15, -0.1) is 0 Å². The molecule has 1 aromatic heterocycles. The number of benzene rings is 1. The molecular weight excluding hydrogens is 343 g/mol. The van der Waals surface area contributed by atoms with Gasteiger partial charge >= 0.3 is 0 Å². The highest BCUT2D eigenvalue weighted by atomic mass is 79.9. The summed E-state index contributed by atoms with van der Waals surface area (Å²) in [4.78, 5) is 0.237. The summed E-state index contributed by atoms with van der Waals surface area (Å²) in [5.74, 6) is -0.178. The highest BCUT2D eigenvalue weighted by molar-refractivity contribution is 9.10. The maximum atomic E-state index is 13.7. The fourth-order valence-corrected chi connectivity index (χ4v) is 4.09. The van der Waals surface area contributed by atoms with Crippen LogP contribution in [-0.4, -0.2) is 14.0 Å². The molecule has 1 aromatic carbocycles. The molecule has 0 saturated carbocycles. The Morgan fingerprint density at radius 1 is 1.35 bits per heavy atom. The highest BCUT2D eigenvalue weighted by Gasteiger charge is 2.18. The maximum Gasteiger partial charge on any atom is 0.139 e. The van der Waals surface area contributed by atoms with E-state index in [9.17, 15) is 8.60 Å². The van der Waals surface area contributed by atoms with Crippen LogP contribution in [0.4, 0.5) is 4.39 Å². The molecule has 0 amide bonds. The Hall–Kier alpha value is -1.01. The number of hydrogen-bond donors (Lipinski definition) is 0. The zero-order valence-electron chi connectivity index (χ0n) is 11.4. The van der Waals surface area contributed by atoms with Gasteiger partial charge in [-0.05, 0) is 41.4 Å². The zero-order valence-corrected chi connectivity index (χ0v) is 13.8. The summed E-state index contributed by atoms with van der Waals surface area (Å²) >= 11 is 3.51. The predicted octanol–water partition coefficient (Wildman–Crippen LogP) is 3.67. The molecule has 1 atom stereocenters. The van der Waals surface area contributed by atoms with Gasteiger partial charge in [0.25, 0.3) is 0 Å². The molecular formula is C14H16BrFN2OS. The largest absolute Gasteiger partial charge is 0.267 e. The van der Waals surface area contributed by atoms with Crippen molar-refractivity contribution in [3.05, 3.63) is 45.9 Å². The smallest absolute Gasteiger partial charge is 0.139 e. The van der Waals surface area contributed by atoms with Gasteiger partial charge in [0, 0.05) is 6.54 Å². The summed E-state index contributed by atoms with van der Waals surface area (Å²) in [6.07, 6.45) is 0.799. The number of aromatic nitrogens is 2. The summed E-state index contributed by atoms with van der Waals surface area (Å²) < 4.78 is 28.7. The molecule has 20 heavy (non-hydrogen) atoms. The second-order valence-electron chi connectivity index (χ2n) is 4.30. The van der Waals surface area contributed by atoms with Crippen molar-refractivity contribution >= 4 is 26.7 Å². The van der Waals surface area contributed by atoms with Crippen molar-refractivity contribution in [3.8, 4) is 0 Å². The van der Waals surface area contributed by atoms with E-state index in [1.807, 2.05) is 18.5 Å². The number of aryl methyl sites for hydroxylation is 2. The molecule has 0 spiro atoms. The van der Waals surface area contributed by atoms with E-state index in [1.165, 1.54) is 6.07 Å². The molecule has 1 heterocycles. The monoisotopic (exact) mass is 358 g/mol. The van der Waals surface area contributed by atoms with Gasteiger partial charge in [0.05, 0.1) is 37.3 Å². The van der Waals surface area contributed by atoms with E-state index in [-0.39, 0.29) is 10.6 Å². The molecule has 0 aliphatic carbocycles. The Balaban J connectivity index is 2.33. The van der Waals surface area contributed by atoms with Crippen LogP contribution in [0.3, 0.4) is 0 Å². The van der Waals surface area contributed by atoms with Crippen molar-refractivity contribution in [1.29, 1.82) is 0 Å². The van der Waals surface area contributed by atoms with Gasteiger partial charge in [-0.2, -0.15) is 5.10 Å². The first-order valence-corrected chi connectivity index (χ1v) is 8.56. The first-order valence-electron chi connectivity index (χ1n) is 6.45. The first-order chi connectivity index (χ1) is 9.58. The molecule has 3 nitrogen and oxygen atoms in total. The summed E-state index contributed by atoms with van der Waals surface area (Å²) in [5, 5.41) is 4.46. The van der Waals surface area contributed by atoms with Gasteiger partial charge in [0.2, 0.25) is 0 Å². The normalized spacial score (nSPS) is 12.6. The molecule has 108 valence electrons. The van der Waals surface area contributed by atoms with E-state index in [1.54, 1.807) is 18.2 Å². The van der Waals surface area contributed by atoms with E-state index >= 15 is 0 Å². The Labute approximate surface area is 128 Å². The predicted molar refractivity (Wildman–Crippen MR) is 81.5 cm³/mol. The highest BCUT2D eigenvalue weighted by Crippen LogP contribution is 2.25. The molecule has 0 radical (unpaired) electrons. The summed E-state index contributed by atoms with van der Waals surface area (Å²) in [5.41, 5.74) is 1.79. The summed E-state index contributed by atoms with van der Waals surface area (Å²) in [6, 6.07) is 6.18. The third kappa shape index (κ3) is 3.01. The lowest BCUT2D eigenvalue weighted by Gasteiger charge is -2.06. The van der Waals surface area contributed by atoms with Gasteiger partial charge in [-0.1, -0.05) is 19.1 Å². The second-order valence-corrected chi connectivity index (χ2v) is 6.51. The standard InChI is InChI=1S/C14H16BrFN2OS/c1-3-11-14(15)12(18(4-2)17-11)9-20(19)13-8-6-5-7-10(13)16/h5-8H,3-4,9H2,1-2H3. The maximum absolute atomic E-state index is 13.7. The molecule has 0 saturated heterocycles. The lowest BCUT2D eigenvalue weighted by atomic mass is 10.3. The lowest BCUT2D eigenvalue weighted by molar-refractivity contribution is 0.593. The van der Waals surface area contributed by atoms with Crippen molar-refractivity contribution in [3.63, 3.8) is 0 Å². The van der Waals surface area contributed by atoms with Gasteiger partial charge in [0.15, 0.2) is 0 Å². The third-order valence-corrected chi connectivity index (χ3v) is 5.32. The van der Waals surface area contributed by atoms with E-state index < -0.39 is 16.6 Å². The number of hydrogen-bond acceptors (Lipinski definition) is 2. The average molecular weight is 359 g/mol. The molecule has 1 unspecified atom stereocenters. The fourth-order valence-electron chi connectivity index (χ4n) is 1.99. The third-order valence-electron chi connectivity index (χ3n) is 3.04. The minimum atomic E-state index is -1.42. The number of rotatable bonds is 5. The number of nitrogens with zero attached hydrogens (tertiary/aromatic N) is 2. The average Bonchev–Trinajstić information content (AvgIpc) is 2.75. The Morgan fingerprint density at radius 2 is 2.05 bits per heavy atom. The number of halogens is 2. The van der Waals surface area contributed by atoms with E-state index in [2.05, 4.69) is 21.0 Å². The van der Waals surface area contributed by atoms with E-state index in [0.717, 1.165) is 22.3 Å². The van der Waals surface area contributed by atoms with Crippen molar-refractivity contribution in [2.24, 2.45) is 0 Å². The SMILES string of the molecule is CCc1nn(CC)c(CS(=O)c2ccccc2F)c1Br. The molecule has 0 fully saturated rings. The fraction of sp³-hybridized carbons (Fsp3) is 0.357. The topological polar surface area (TPSA) is 34.9 Å². The molecule has 2 rings (SSSR count). The van der Waals surface area contributed by atoms with Crippen molar-refractivity contribution < 1.29 is 8.60 Å². The van der Waals surface area contributed by atoms with Crippen molar-refractivity contribution in [2.45, 2.75) is 37.5 Å². The van der Waals surface area contributed by atoms with Crippen LogP contribution in [0.15, 0.2) is 33.6 Å². The van der Waals surface area contributed by atoms with Crippen LogP contribution in [0.5, 0.6) is 0 Å². The first kappa shape index (κ1) is 15.4. The molecule has 0 aliphatic heterocycles. The van der Waals surface area contributed by atoms with Gasteiger partial charge < -0.3 is 0 Å². The minimum Gasteiger partial charge on any atom is -0.267 e. The molecule has 6 heteroatoms. The molecule has 0 aliphatic rings. The summed E-state index contributed by atoms with van der Waals surface area (Å²) in [6.45, 7) is 4.70. The minimum absolute atomic E-state index is 0.237. The van der Waals surface area contributed by atoms with Crippen LogP contribution in [0.1, 0.15) is 25.2 Å². The Bertz CT molecular complexity index is 642. The van der Waals surface area contributed by atoms with Gasteiger partial charge in [-0.25, -0.2) is 4.39 Å². The van der Waals surface area contributed by atoms with Crippen molar-refractivity contribution in [1.82, 2.24) is 9.78 Å². The Kier molecular flexibility index (Phi) is 5.10. The molecule has 2 aromatic rings. The van der Waals surface area contributed by atoms with E-state index in [4.69, 9.17) is 0 Å². The zero-order chi connectivity index (χ0) is 14.7. The van der Waals surface area contributed by atoms with Gasteiger partial charge in [0.1, 0.15) is 5.82 Å². The van der Waals surface area contributed by atoms with Crippen LogP contribution in [0, 0.1) is 5.82 Å². The van der Waals surface area contributed by atoms with Crippen LogP contribution in [0.25, 0.3) is 0 Å². The molecule has 0 N–H and O–H groups in total. The van der Waals surface area contributed by atoms with Crippen LogP contribution < -0.4 is 0 Å². The van der Waals surface area contributed by atoms with Crippen LogP contribution in [-0.2, 0) is 29.5 Å². The van der Waals surface area contributed by atoms with Crippen molar-refractivity contribution in [2.75, 3.05) is 0 Å². The van der Waals surface area contributed by atoms with Crippen LogP contribution in [0.2, 0.25) is 0 Å². The summed E-state index contributed by atoms with van der Waals surface area (Å²) in [7, 11) is -1.42.